The second kappa shape index (κ2) is 6.02. The van der Waals surface area contributed by atoms with Gasteiger partial charge in [0.15, 0.2) is 0 Å². The van der Waals surface area contributed by atoms with Crippen molar-refractivity contribution in [2.75, 3.05) is 13.1 Å². The Morgan fingerprint density at radius 3 is 2.45 bits per heavy atom. The van der Waals surface area contributed by atoms with E-state index in [1.54, 1.807) is 0 Å². The molecular weight excluding hydrogens is 258 g/mol. The van der Waals surface area contributed by atoms with Gasteiger partial charge in [-0.2, -0.15) is 0 Å². The van der Waals surface area contributed by atoms with Crippen molar-refractivity contribution in [3.63, 3.8) is 0 Å². The summed E-state index contributed by atoms with van der Waals surface area (Å²) in [7, 11) is 0. The summed E-state index contributed by atoms with van der Waals surface area (Å²) in [5.74, 6) is -0.464. The molecule has 5 heteroatoms. The number of amides is 1. The summed E-state index contributed by atoms with van der Waals surface area (Å²) in [6, 6.07) is 0. The van der Waals surface area contributed by atoms with E-state index < -0.39 is 23.1 Å². The highest BCUT2D eigenvalue weighted by molar-refractivity contribution is 5.78. The van der Waals surface area contributed by atoms with Crippen LogP contribution in [-0.2, 0) is 9.53 Å². The van der Waals surface area contributed by atoms with Crippen LogP contribution in [0.25, 0.3) is 0 Å². The number of hydrogen-bond acceptors (Lipinski definition) is 3. The first-order valence-corrected chi connectivity index (χ1v) is 7.31. The molecule has 1 heterocycles. The first-order valence-electron chi connectivity index (χ1n) is 7.31. The molecule has 0 bridgehead atoms. The molecule has 1 aliphatic heterocycles. The Hall–Kier alpha value is -1.26. The summed E-state index contributed by atoms with van der Waals surface area (Å²) in [5, 5.41) is 9.56. The fourth-order valence-corrected chi connectivity index (χ4v) is 2.59. The topological polar surface area (TPSA) is 66.8 Å². The summed E-state index contributed by atoms with van der Waals surface area (Å²) in [5.41, 5.74) is -1.37. The zero-order valence-electron chi connectivity index (χ0n) is 13.2. The van der Waals surface area contributed by atoms with Gasteiger partial charge in [-0.05, 0) is 39.5 Å². The van der Waals surface area contributed by atoms with Crippen LogP contribution in [0.1, 0.15) is 53.9 Å². The van der Waals surface area contributed by atoms with E-state index in [0.717, 1.165) is 6.42 Å². The van der Waals surface area contributed by atoms with E-state index >= 15 is 0 Å². The van der Waals surface area contributed by atoms with Crippen molar-refractivity contribution in [3.05, 3.63) is 0 Å². The highest BCUT2D eigenvalue weighted by Crippen LogP contribution is 2.38. The smallest absolute Gasteiger partial charge is 0.410 e. The number of carboxylic acids is 1. The van der Waals surface area contributed by atoms with Crippen LogP contribution in [0.3, 0.4) is 0 Å². The molecule has 1 aliphatic rings. The number of carbonyl (C=O) groups is 2. The van der Waals surface area contributed by atoms with E-state index in [1.807, 2.05) is 20.8 Å². The first kappa shape index (κ1) is 16.8. The summed E-state index contributed by atoms with van der Waals surface area (Å²) >= 11 is 0. The van der Waals surface area contributed by atoms with Crippen LogP contribution in [0.4, 0.5) is 4.79 Å². The SMILES string of the molecule is CCC(C)CC1(C(=O)O)CCN(C(=O)OC(C)(C)C)C1. The Balaban J connectivity index is 2.75. The maximum atomic E-state index is 12.0. The molecular formula is C15H27NO4. The summed E-state index contributed by atoms with van der Waals surface area (Å²) in [6.07, 6.45) is 1.65. The van der Waals surface area contributed by atoms with Crippen LogP contribution in [0.15, 0.2) is 0 Å². The average Bonchev–Trinajstić information content (AvgIpc) is 2.72. The maximum absolute atomic E-state index is 12.0. The van der Waals surface area contributed by atoms with Crippen molar-refractivity contribution >= 4 is 12.1 Å². The molecule has 0 aliphatic carbocycles. The number of carbonyl (C=O) groups excluding carboxylic acids is 1. The lowest BCUT2D eigenvalue weighted by Gasteiger charge is -2.28. The van der Waals surface area contributed by atoms with Crippen molar-refractivity contribution < 1.29 is 19.4 Å². The van der Waals surface area contributed by atoms with Gasteiger partial charge in [0, 0.05) is 13.1 Å². The minimum atomic E-state index is -0.813. The molecule has 0 spiro atoms. The number of ether oxygens (including phenoxy) is 1. The summed E-state index contributed by atoms with van der Waals surface area (Å²) < 4.78 is 5.32. The van der Waals surface area contributed by atoms with E-state index in [4.69, 9.17) is 4.74 Å². The van der Waals surface area contributed by atoms with Crippen LogP contribution in [0.2, 0.25) is 0 Å². The monoisotopic (exact) mass is 285 g/mol. The van der Waals surface area contributed by atoms with Crippen LogP contribution in [0.5, 0.6) is 0 Å². The molecule has 116 valence electrons. The minimum absolute atomic E-state index is 0.252. The molecule has 2 atom stereocenters. The second-order valence-electron chi connectivity index (χ2n) is 6.95. The summed E-state index contributed by atoms with van der Waals surface area (Å²) in [6.45, 7) is 10.3. The number of hydrogen-bond donors (Lipinski definition) is 1. The molecule has 5 nitrogen and oxygen atoms in total. The van der Waals surface area contributed by atoms with Crippen LogP contribution in [-0.4, -0.2) is 40.8 Å². The third-order valence-corrected chi connectivity index (χ3v) is 3.90. The molecule has 0 radical (unpaired) electrons. The third kappa shape index (κ3) is 4.12. The largest absolute Gasteiger partial charge is 0.481 e. The minimum Gasteiger partial charge on any atom is -0.481 e. The van der Waals surface area contributed by atoms with Crippen molar-refractivity contribution in [2.24, 2.45) is 11.3 Å². The number of aliphatic carboxylic acids is 1. The Bertz CT molecular complexity index is 375. The van der Waals surface area contributed by atoms with E-state index in [-0.39, 0.29) is 6.54 Å². The Kier molecular flexibility index (Phi) is 5.05. The fraction of sp³-hybridized carbons (Fsp3) is 0.867. The molecule has 1 N–H and O–H groups in total. The highest BCUT2D eigenvalue weighted by Gasteiger charge is 2.47. The molecule has 0 aromatic heterocycles. The number of carboxylic acid groups (broad SMARTS) is 1. The molecule has 1 fully saturated rings. The Labute approximate surface area is 121 Å². The molecule has 1 amide bonds. The number of nitrogens with zero attached hydrogens (tertiary/aromatic N) is 1. The van der Waals surface area contributed by atoms with Crippen LogP contribution >= 0.6 is 0 Å². The normalized spacial score (nSPS) is 24.6. The molecule has 20 heavy (non-hydrogen) atoms. The lowest BCUT2D eigenvalue weighted by atomic mass is 9.78. The van der Waals surface area contributed by atoms with Gasteiger partial charge in [0.2, 0.25) is 0 Å². The van der Waals surface area contributed by atoms with Gasteiger partial charge in [0.05, 0.1) is 5.41 Å². The quantitative estimate of drug-likeness (QED) is 0.861. The van der Waals surface area contributed by atoms with Gasteiger partial charge >= 0.3 is 12.1 Å². The van der Waals surface area contributed by atoms with Gasteiger partial charge in [0.25, 0.3) is 0 Å². The maximum Gasteiger partial charge on any atom is 0.410 e. The van der Waals surface area contributed by atoms with Crippen LogP contribution in [0, 0.1) is 11.3 Å². The number of rotatable bonds is 4. The summed E-state index contributed by atoms with van der Waals surface area (Å²) in [4.78, 5) is 25.2. The van der Waals surface area contributed by atoms with Crippen molar-refractivity contribution in [1.29, 1.82) is 0 Å². The Morgan fingerprint density at radius 1 is 1.40 bits per heavy atom. The average molecular weight is 285 g/mol. The zero-order valence-corrected chi connectivity index (χ0v) is 13.2. The van der Waals surface area contributed by atoms with Crippen LogP contribution < -0.4 is 0 Å². The lowest BCUT2D eigenvalue weighted by molar-refractivity contribution is -0.149. The van der Waals surface area contributed by atoms with Crippen molar-refractivity contribution in [2.45, 2.75) is 59.5 Å². The second-order valence-corrected chi connectivity index (χ2v) is 6.95. The zero-order chi connectivity index (χ0) is 15.6. The molecule has 0 aromatic rings. The molecule has 1 saturated heterocycles. The van der Waals surface area contributed by atoms with Crippen molar-refractivity contribution in [1.82, 2.24) is 4.90 Å². The van der Waals surface area contributed by atoms with E-state index in [0.29, 0.717) is 25.3 Å². The molecule has 0 aromatic carbocycles. The first-order chi connectivity index (χ1) is 9.09. The van der Waals surface area contributed by atoms with E-state index in [9.17, 15) is 14.7 Å². The lowest BCUT2D eigenvalue weighted by Crippen LogP contribution is -2.40. The fourth-order valence-electron chi connectivity index (χ4n) is 2.59. The van der Waals surface area contributed by atoms with Crippen molar-refractivity contribution in [3.8, 4) is 0 Å². The standard InChI is InChI=1S/C15H27NO4/c1-6-11(2)9-15(12(17)18)7-8-16(10-15)13(19)20-14(3,4)5/h11H,6-10H2,1-5H3,(H,17,18). The molecule has 0 saturated carbocycles. The third-order valence-electron chi connectivity index (χ3n) is 3.90. The van der Waals surface area contributed by atoms with Gasteiger partial charge in [-0.1, -0.05) is 20.3 Å². The highest BCUT2D eigenvalue weighted by atomic mass is 16.6. The van der Waals surface area contributed by atoms with Gasteiger partial charge < -0.3 is 14.7 Å². The van der Waals surface area contributed by atoms with E-state index in [2.05, 4.69) is 13.8 Å². The van der Waals surface area contributed by atoms with Gasteiger partial charge in [-0.15, -0.1) is 0 Å². The van der Waals surface area contributed by atoms with Gasteiger partial charge in [0.1, 0.15) is 5.60 Å². The molecule has 2 unspecified atom stereocenters. The van der Waals surface area contributed by atoms with E-state index in [1.165, 1.54) is 4.90 Å². The predicted octanol–water partition coefficient (Wildman–Crippen LogP) is 3.13. The van der Waals surface area contributed by atoms with Gasteiger partial charge in [-0.3, -0.25) is 4.79 Å². The predicted molar refractivity (Wildman–Crippen MR) is 76.6 cm³/mol. The van der Waals surface area contributed by atoms with Gasteiger partial charge in [-0.25, -0.2) is 4.79 Å². The molecule has 1 rings (SSSR count). The Morgan fingerprint density at radius 2 is 2.00 bits per heavy atom. The number of likely N-dealkylation sites (tertiary alicyclic amines) is 1.